The third-order valence-electron chi connectivity index (χ3n) is 6.64. The van der Waals surface area contributed by atoms with E-state index in [1.807, 2.05) is 50.2 Å². The van der Waals surface area contributed by atoms with Gasteiger partial charge in [-0.1, -0.05) is 95.2 Å². The van der Waals surface area contributed by atoms with Crippen LogP contribution in [0.1, 0.15) is 86.4 Å². The second-order valence-corrected chi connectivity index (χ2v) is 10.3. The Morgan fingerprint density at radius 1 is 0.769 bits per heavy atom. The molecule has 1 atom stereocenters. The Morgan fingerprint density at radius 2 is 1.38 bits per heavy atom. The highest BCUT2D eigenvalue weighted by Gasteiger charge is 2.15. The summed E-state index contributed by atoms with van der Waals surface area (Å²) in [5, 5.41) is 0.164. The summed E-state index contributed by atoms with van der Waals surface area (Å²) in [4.78, 5) is 24.9. The Bertz CT molecular complexity index is 1190. The molecule has 0 fully saturated rings. The van der Waals surface area contributed by atoms with E-state index in [0.29, 0.717) is 17.7 Å². The van der Waals surface area contributed by atoms with Crippen LogP contribution >= 0.6 is 11.6 Å². The Morgan fingerprint density at radius 3 is 2.03 bits per heavy atom. The Labute approximate surface area is 237 Å². The Balaban J connectivity index is 1.51. The number of ether oxygens (including phenoxy) is 3. The maximum Gasteiger partial charge on any atom is 0.343 e. The van der Waals surface area contributed by atoms with E-state index in [4.69, 9.17) is 25.8 Å². The summed E-state index contributed by atoms with van der Waals surface area (Å²) < 4.78 is 16.7. The average Bonchev–Trinajstić information content (AvgIpc) is 2.96. The lowest BCUT2D eigenvalue weighted by molar-refractivity contribution is 0.0447. The van der Waals surface area contributed by atoms with Crippen molar-refractivity contribution >= 4 is 23.5 Å². The van der Waals surface area contributed by atoms with E-state index in [9.17, 15) is 9.59 Å². The Hall–Kier alpha value is -3.31. The predicted octanol–water partition coefficient (Wildman–Crippen LogP) is 9.17. The van der Waals surface area contributed by atoms with Crippen molar-refractivity contribution in [3.05, 3.63) is 82.9 Å². The zero-order chi connectivity index (χ0) is 28.0. The predicted molar refractivity (Wildman–Crippen MR) is 157 cm³/mol. The van der Waals surface area contributed by atoms with Gasteiger partial charge in [-0.15, -0.1) is 0 Å². The first-order valence-electron chi connectivity index (χ1n) is 13.9. The van der Waals surface area contributed by atoms with Crippen molar-refractivity contribution in [2.45, 2.75) is 65.7 Å². The molecule has 0 radical (unpaired) electrons. The molecule has 0 N–H and O–H groups in total. The van der Waals surface area contributed by atoms with Crippen LogP contribution in [-0.4, -0.2) is 25.2 Å². The molecule has 208 valence electrons. The van der Waals surface area contributed by atoms with Gasteiger partial charge in [0.05, 0.1) is 29.4 Å². The molecule has 3 rings (SSSR count). The molecule has 5 nitrogen and oxygen atoms in total. The van der Waals surface area contributed by atoms with Crippen molar-refractivity contribution in [3.8, 4) is 22.6 Å². The molecule has 0 aliphatic carbocycles. The highest BCUT2D eigenvalue weighted by atomic mass is 35.5. The summed E-state index contributed by atoms with van der Waals surface area (Å²) in [6.45, 7) is 7.36. The molecule has 0 saturated carbocycles. The van der Waals surface area contributed by atoms with Crippen LogP contribution in [0.3, 0.4) is 0 Å². The fourth-order valence-corrected chi connectivity index (χ4v) is 4.12. The Kier molecular flexibility index (Phi) is 12.4. The van der Waals surface area contributed by atoms with E-state index in [2.05, 4.69) is 6.92 Å². The van der Waals surface area contributed by atoms with Gasteiger partial charge in [0.25, 0.3) is 0 Å². The summed E-state index contributed by atoms with van der Waals surface area (Å²) in [6.07, 6.45) is 8.35. The molecule has 0 unspecified atom stereocenters. The zero-order valence-electron chi connectivity index (χ0n) is 23.2. The van der Waals surface area contributed by atoms with Gasteiger partial charge in [-0.25, -0.2) is 9.59 Å². The van der Waals surface area contributed by atoms with Crippen molar-refractivity contribution in [2.24, 2.45) is 5.92 Å². The lowest BCUT2D eigenvalue weighted by atomic mass is 10.0. The summed E-state index contributed by atoms with van der Waals surface area (Å²) in [7, 11) is 0. The highest BCUT2D eigenvalue weighted by Crippen LogP contribution is 2.28. The number of hydrogen-bond acceptors (Lipinski definition) is 5. The van der Waals surface area contributed by atoms with Crippen LogP contribution in [0.2, 0.25) is 5.02 Å². The average molecular weight is 551 g/mol. The summed E-state index contributed by atoms with van der Waals surface area (Å²) in [5.74, 6) is 0.334. The van der Waals surface area contributed by atoms with Gasteiger partial charge < -0.3 is 14.2 Å². The molecular weight excluding hydrogens is 512 g/mol. The zero-order valence-corrected chi connectivity index (χ0v) is 24.0. The van der Waals surface area contributed by atoms with Crippen LogP contribution in [0.5, 0.6) is 11.5 Å². The number of carbonyl (C=O) groups is 2. The molecule has 3 aromatic rings. The first-order valence-corrected chi connectivity index (χ1v) is 14.3. The van der Waals surface area contributed by atoms with Crippen molar-refractivity contribution in [2.75, 3.05) is 13.2 Å². The molecule has 3 aromatic carbocycles. The molecule has 0 heterocycles. The van der Waals surface area contributed by atoms with Crippen molar-refractivity contribution < 1.29 is 23.8 Å². The van der Waals surface area contributed by atoms with Crippen LogP contribution in [0.15, 0.2) is 66.7 Å². The molecular formula is C33H39ClO5. The third-order valence-corrected chi connectivity index (χ3v) is 6.94. The standard InChI is InChI=1S/C33H39ClO5/c1-4-6-7-8-9-10-21-37-29-18-15-26(16-19-29)25-11-13-27(14-12-25)33(36)39-31-20-17-28(22-30(31)34)32(35)38-23-24(3)5-2/h11-20,22,24H,4-10,21,23H2,1-3H3/t24-/m0/s1. The SMILES string of the molecule is CCCCCCCCOc1ccc(-c2ccc(C(=O)Oc3ccc(C(=O)OC[C@@H](C)CC)cc3Cl)cc2)cc1. The number of hydrogen-bond donors (Lipinski definition) is 0. The molecule has 0 spiro atoms. The fourth-order valence-electron chi connectivity index (χ4n) is 3.90. The number of benzene rings is 3. The highest BCUT2D eigenvalue weighted by molar-refractivity contribution is 6.32. The monoisotopic (exact) mass is 550 g/mol. The molecule has 0 aliphatic heterocycles. The van der Waals surface area contributed by atoms with Gasteiger partial charge in [0.15, 0.2) is 0 Å². The van der Waals surface area contributed by atoms with Gasteiger partial charge in [-0.2, -0.15) is 0 Å². The van der Waals surface area contributed by atoms with Gasteiger partial charge in [-0.05, 0) is 65.9 Å². The third kappa shape index (κ3) is 9.74. The van der Waals surface area contributed by atoms with Gasteiger partial charge in [0.2, 0.25) is 0 Å². The van der Waals surface area contributed by atoms with Gasteiger partial charge in [0, 0.05) is 0 Å². The molecule has 0 amide bonds. The maximum absolute atomic E-state index is 12.7. The molecule has 0 saturated heterocycles. The van der Waals surface area contributed by atoms with Crippen molar-refractivity contribution in [1.82, 2.24) is 0 Å². The first kappa shape index (κ1) is 30.2. The lowest BCUT2D eigenvalue weighted by Crippen LogP contribution is -2.12. The minimum absolute atomic E-state index is 0.164. The van der Waals surface area contributed by atoms with Crippen LogP contribution in [0, 0.1) is 5.92 Å². The van der Waals surface area contributed by atoms with Gasteiger partial charge in [-0.3, -0.25) is 0 Å². The van der Waals surface area contributed by atoms with E-state index in [-0.39, 0.29) is 16.7 Å². The van der Waals surface area contributed by atoms with Crippen LogP contribution in [0.25, 0.3) is 11.1 Å². The van der Waals surface area contributed by atoms with E-state index in [1.165, 1.54) is 50.3 Å². The van der Waals surface area contributed by atoms with E-state index in [0.717, 1.165) is 36.3 Å². The molecule has 0 aromatic heterocycles. The molecule has 39 heavy (non-hydrogen) atoms. The van der Waals surface area contributed by atoms with Gasteiger partial charge >= 0.3 is 11.9 Å². The minimum Gasteiger partial charge on any atom is -0.494 e. The quantitative estimate of drug-likeness (QED) is 0.107. The van der Waals surface area contributed by atoms with Crippen molar-refractivity contribution in [3.63, 3.8) is 0 Å². The number of carbonyl (C=O) groups excluding carboxylic acids is 2. The number of rotatable bonds is 15. The molecule has 0 aliphatic rings. The second kappa shape index (κ2) is 15.9. The lowest BCUT2D eigenvalue weighted by Gasteiger charge is -2.11. The molecule has 0 bridgehead atoms. The number of unbranched alkanes of at least 4 members (excludes halogenated alkanes) is 5. The van der Waals surface area contributed by atoms with Crippen LogP contribution in [0.4, 0.5) is 0 Å². The maximum atomic E-state index is 12.7. The largest absolute Gasteiger partial charge is 0.494 e. The summed E-state index contributed by atoms with van der Waals surface area (Å²) in [5.41, 5.74) is 2.71. The smallest absolute Gasteiger partial charge is 0.343 e. The first-order chi connectivity index (χ1) is 18.9. The van der Waals surface area contributed by atoms with Crippen LogP contribution in [-0.2, 0) is 4.74 Å². The number of halogens is 1. The number of esters is 2. The van der Waals surface area contributed by atoms with Gasteiger partial charge in [0.1, 0.15) is 11.5 Å². The fraction of sp³-hybridized carbons (Fsp3) is 0.394. The van der Waals surface area contributed by atoms with Crippen LogP contribution < -0.4 is 9.47 Å². The van der Waals surface area contributed by atoms with E-state index in [1.54, 1.807) is 12.1 Å². The second-order valence-electron chi connectivity index (χ2n) is 9.86. The topological polar surface area (TPSA) is 61.8 Å². The van der Waals surface area contributed by atoms with Crippen molar-refractivity contribution in [1.29, 1.82) is 0 Å². The minimum atomic E-state index is -0.533. The van der Waals surface area contributed by atoms with E-state index >= 15 is 0 Å². The summed E-state index contributed by atoms with van der Waals surface area (Å²) >= 11 is 6.28. The van der Waals surface area contributed by atoms with E-state index < -0.39 is 11.9 Å². The normalized spacial score (nSPS) is 11.6. The molecule has 6 heteroatoms. The summed E-state index contributed by atoms with van der Waals surface area (Å²) in [6, 6.07) is 19.7.